The molecule has 148 valence electrons. The number of hydrogen-bond acceptors (Lipinski definition) is 6. The molecule has 0 saturated carbocycles. The van der Waals surface area contributed by atoms with E-state index in [1.807, 2.05) is 13.8 Å². The number of nitrogen functional groups attached to an aromatic ring is 1. The first-order valence-corrected chi connectivity index (χ1v) is 9.07. The number of fused-ring (bicyclic) bond motifs is 1. The number of amides is 1. The zero-order valence-electron chi connectivity index (χ0n) is 15.8. The maximum absolute atomic E-state index is 12.8. The number of pyridine rings is 1. The van der Waals surface area contributed by atoms with Gasteiger partial charge in [0, 0.05) is 6.54 Å². The quantitative estimate of drug-likeness (QED) is 0.704. The molecule has 1 amide bonds. The Hall–Kier alpha value is -3.29. The van der Waals surface area contributed by atoms with Crippen LogP contribution >= 0.6 is 0 Å². The number of nitrogens with zero attached hydrogens (tertiary/aromatic N) is 2. The van der Waals surface area contributed by atoms with Crippen LogP contribution < -0.4 is 20.1 Å². The minimum absolute atomic E-state index is 0.0182. The number of nitrogens with two attached hydrogens (primary N) is 1. The molecule has 0 fully saturated rings. The second-order valence-corrected chi connectivity index (χ2v) is 6.86. The van der Waals surface area contributed by atoms with Crippen LogP contribution in [0.3, 0.4) is 0 Å². The lowest BCUT2D eigenvalue weighted by Gasteiger charge is -2.35. The van der Waals surface area contributed by atoms with Crippen LogP contribution in [-0.2, 0) is 4.79 Å². The van der Waals surface area contributed by atoms with Gasteiger partial charge in [0.2, 0.25) is 0 Å². The fourth-order valence-corrected chi connectivity index (χ4v) is 2.92. The summed E-state index contributed by atoms with van der Waals surface area (Å²) in [6.45, 7) is 4.63. The number of carboxylic acids is 1. The van der Waals surface area contributed by atoms with Gasteiger partial charge in [-0.1, -0.05) is 13.8 Å². The van der Waals surface area contributed by atoms with Crippen molar-refractivity contribution in [2.75, 3.05) is 23.8 Å². The van der Waals surface area contributed by atoms with E-state index in [4.69, 9.17) is 20.3 Å². The molecule has 8 heteroatoms. The molecule has 1 atom stereocenters. The Morgan fingerprint density at radius 3 is 2.64 bits per heavy atom. The van der Waals surface area contributed by atoms with E-state index in [2.05, 4.69) is 4.98 Å². The summed E-state index contributed by atoms with van der Waals surface area (Å²) in [6.07, 6.45) is -0.00456. The molecule has 0 radical (unpaired) electrons. The summed E-state index contributed by atoms with van der Waals surface area (Å²) < 4.78 is 11.5. The lowest BCUT2D eigenvalue weighted by molar-refractivity contribution is -0.128. The largest absolute Gasteiger partial charge is 0.494 e. The number of aromatic nitrogens is 1. The molecule has 0 aliphatic carbocycles. The fourth-order valence-electron chi connectivity index (χ4n) is 2.92. The van der Waals surface area contributed by atoms with Crippen molar-refractivity contribution in [2.24, 2.45) is 5.92 Å². The first kappa shape index (κ1) is 19.5. The molecule has 0 saturated heterocycles. The molecule has 1 aliphatic heterocycles. The van der Waals surface area contributed by atoms with Crippen LogP contribution in [0.2, 0.25) is 0 Å². The van der Waals surface area contributed by atoms with E-state index >= 15 is 0 Å². The number of hydrogen-bond donors (Lipinski definition) is 2. The van der Waals surface area contributed by atoms with Crippen molar-refractivity contribution in [3.63, 3.8) is 0 Å². The average Bonchev–Trinajstić information content (AvgIpc) is 2.66. The Kier molecular flexibility index (Phi) is 5.67. The summed E-state index contributed by atoms with van der Waals surface area (Å²) in [5.74, 6) is 0.739. The second-order valence-electron chi connectivity index (χ2n) is 6.86. The molecule has 1 aromatic carbocycles. The van der Waals surface area contributed by atoms with E-state index < -0.39 is 12.1 Å². The van der Waals surface area contributed by atoms with Crippen LogP contribution in [0.25, 0.3) is 0 Å². The number of ether oxygens (including phenoxy) is 2. The summed E-state index contributed by atoms with van der Waals surface area (Å²) in [5, 5.41) is 8.92. The van der Waals surface area contributed by atoms with Crippen molar-refractivity contribution in [1.29, 1.82) is 0 Å². The van der Waals surface area contributed by atoms with Gasteiger partial charge < -0.3 is 20.3 Å². The van der Waals surface area contributed by atoms with E-state index in [1.165, 1.54) is 12.1 Å². The third-order valence-corrected chi connectivity index (χ3v) is 4.38. The lowest BCUT2D eigenvalue weighted by atomic mass is 10.0. The Balaban J connectivity index is 1.64. The molecule has 2 heterocycles. The van der Waals surface area contributed by atoms with Gasteiger partial charge in [-0.05, 0) is 48.7 Å². The third kappa shape index (κ3) is 4.16. The fraction of sp³-hybridized carbons (Fsp3) is 0.350. The normalized spacial score (nSPS) is 15.9. The van der Waals surface area contributed by atoms with Gasteiger partial charge in [0.25, 0.3) is 5.91 Å². The van der Waals surface area contributed by atoms with Gasteiger partial charge in [0.1, 0.15) is 11.6 Å². The van der Waals surface area contributed by atoms with Crippen molar-refractivity contribution in [3.8, 4) is 11.5 Å². The third-order valence-electron chi connectivity index (χ3n) is 4.38. The average molecular weight is 385 g/mol. The highest BCUT2D eigenvalue weighted by molar-refractivity contribution is 5.99. The Bertz CT molecular complexity index is 867. The zero-order chi connectivity index (χ0) is 20.3. The van der Waals surface area contributed by atoms with E-state index in [1.54, 1.807) is 29.2 Å². The summed E-state index contributed by atoms with van der Waals surface area (Å²) in [4.78, 5) is 29.6. The minimum Gasteiger partial charge on any atom is -0.494 e. The Morgan fingerprint density at radius 1 is 1.29 bits per heavy atom. The van der Waals surface area contributed by atoms with Gasteiger partial charge in [-0.15, -0.1) is 0 Å². The lowest BCUT2D eigenvalue weighted by Crippen LogP contribution is -2.49. The molecular formula is C20H23N3O5. The monoisotopic (exact) mass is 385 g/mol. The molecule has 8 nitrogen and oxygen atoms in total. The molecule has 0 bridgehead atoms. The van der Waals surface area contributed by atoms with Gasteiger partial charge in [-0.3, -0.25) is 9.69 Å². The summed E-state index contributed by atoms with van der Waals surface area (Å²) in [5.41, 5.74) is 5.98. The van der Waals surface area contributed by atoms with Crippen molar-refractivity contribution >= 4 is 23.5 Å². The van der Waals surface area contributed by atoms with Gasteiger partial charge in [0.15, 0.2) is 17.7 Å². The summed E-state index contributed by atoms with van der Waals surface area (Å²) >= 11 is 0. The zero-order valence-corrected chi connectivity index (χ0v) is 15.8. The predicted molar refractivity (Wildman–Crippen MR) is 104 cm³/mol. The van der Waals surface area contributed by atoms with Gasteiger partial charge in [0.05, 0.1) is 12.2 Å². The molecular weight excluding hydrogens is 362 g/mol. The highest BCUT2D eigenvalue weighted by Crippen LogP contribution is 2.34. The summed E-state index contributed by atoms with van der Waals surface area (Å²) in [7, 11) is 0. The highest BCUT2D eigenvalue weighted by Gasteiger charge is 2.37. The standard InChI is InChI=1S/C20H23N3O5/c1-12(2)17-19(24)23(18-15(28-17)8-9-16(21)22-18)10-3-11-27-14-6-4-13(5-7-14)20(25)26/h4-9,12,17H,3,10-11H2,1-2H3,(H2,21,22)(H,25,26). The maximum Gasteiger partial charge on any atom is 0.335 e. The molecule has 1 unspecified atom stereocenters. The van der Waals surface area contributed by atoms with Crippen LogP contribution in [0.4, 0.5) is 11.6 Å². The summed E-state index contributed by atoms with van der Waals surface area (Å²) in [6, 6.07) is 9.56. The van der Waals surface area contributed by atoms with Gasteiger partial charge >= 0.3 is 5.97 Å². The molecule has 1 aliphatic rings. The van der Waals surface area contributed by atoms with Gasteiger partial charge in [-0.2, -0.15) is 0 Å². The molecule has 1 aromatic heterocycles. The van der Waals surface area contributed by atoms with Crippen LogP contribution in [0.5, 0.6) is 11.5 Å². The molecule has 0 spiro atoms. The minimum atomic E-state index is -0.984. The molecule has 28 heavy (non-hydrogen) atoms. The smallest absolute Gasteiger partial charge is 0.335 e. The van der Waals surface area contributed by atoms with Crippen LogP contribution in [0.15, 0.2) is 36.4 Å². The number of carbonyl (C=O) groups excluding carboxylic acids is 1. The first-order valence-electron chi connectivity index (χ1n) is 9.07. The van der Waals surface area contributed by atoms with Crippen LogP contribution in [0, 0.1) is 5.92 Å². The van der Waals surface area contributed by atoms with E-state index in [9.17, 15) is 9.59 Å². The number of carboxylic acid groups (broad SMARTS) is 1. The van der Waals surface area contributed by atoms with Crippen LogP contribution in [0.1, 0.15) is 30.6 Å². The van der Waals surface area contributed by atoms with E-state index in [0.29, 0.717) is 42.7 Å². The Morgan fingerprint density at radius 2 is 2.00 bits per heavy atom. The molecule has 2 aromatic rings. The van der Waals surface area contributed by atoms with Crippen molar-refractivity contribution < 1.29 is 24.2 Å². The topological polar surface area (TPSA) is 115 Å². The number of anilines is 2. The SMILES string of the molecule is CC(C)C1Oc2ccc(N)nc2N(CCCOc2ccc(C(=O)O)cc2)C1=O. The number of carbonyl (C=O) groups is 2. The second kappa shape index (κ2) is 8.16. The molecule has 3 rings (SSSR count). The van der Waals surface area contributed by atoms with Crippen LogP contribution in [-0.4, -0.2) is 41.2 Å². The van der Waals surface area contributed by atoms with Crippen molar-refractivity contribution in [1.82, 2.24) is 4.98 Å². The predicted octanol–water partition coefficient (Wildman–Crippen LogP) is 2.58. The van der Waals surface area contributed by atoms with Crippen molar-refractivity contribution in [2.45, 2.75) is 26.4 Å². The number of aromatic carboxylic acids is 1. The number of benzene rings is 1. The number of rotatable bonds is 7. The first-order chi connectivity index (χ1) is 13.4. The Labute approximate surface area is 162 Å². The maximum atomic E-state index is 12.8. The van der Waals surface area contributed by atoms with Gasteiger partial charge in [-0.25, -0.2) is 9.78 Å². The van der Waals surface area contributed by atoms with E-state index in [-0.39, 0.29) is 17.4 Å². The van der Waals surface area contributed by atoms with Crippen molar-refractivity contribution in [3.05, 3.63) is 42.0 Å². The molecule has 3 N–H and O–H groups in total. The van der Waals surface area contributed by atoms with E-state index in [0.717, 1.165) is 0 Å². The highest BCUT2D eigenvalue weighted by atomic mass is 16.5.